The minimum Gasteiger partial charge on any atom is -0.0654 e. The summed E-state index contributed by atoms with van der Waals surface area (Å²) in [6.07, 6.45) is 64.7. The fourth-order valence-electron chi connectivity index (χ4n) is 14.1. The summed E-state index contributed by atoms with van der Waals surface area (Å²) in [5.74, 6) is 1.12. The molecule has 2 atom stereocenters. The van der Waals surface area contributed by atoms with Crippen LogP contribution >= 0.6 is 0 Å². The number of aryl methyl sites for hydroxylation is 4. The van der Waals surface area contributed by atoms with Gasteiger partial charge >= 0.3 is 381 Å². The van der Waals surface area contributed by atoms with E-state index in [2.05, 4.69) is 80.2 Å². The van der Waals surface area contributed by atoms with E-state index in [1.54, 1.807) is 12.1 Å². The van der Waals surface area contributed by atoms with E-state index in [4.69, 9.17) is 0 Å². The third-order valence-electron chi connectivity index (χ3n) is 19.8. The molecule has 0 spiro atoms. The van der Waals surface area contributed by atoms with E-state index >= 15 is 14.0 Å². The van der Waals surface area contributed by atoms with Gasteiger partial charge < -0.3 is 0 Å². The van der Waals surface area contributed by atoms with Crippen LogP contribution in [0.25, 0.3) is 52.1 Å². The quantitative estimate of drug-likeness (QED) is 0.0282. The van der Waals surface area contributed by atoms with Crippen LogP contribution in [0.1, 0.15) is 341 Å². The molecule has 92 heavy (non-hydrogen) atoms. The van der Waals surface area contributed by atoms with E-state index in [0.29, 0.717) is 18.7 Å². The molecule has 0 saturated heterocycles. The zero-order chi connectivity index (χ0) is 65.4. The van der Waals surface area contributed by atoms with Crippen LogP contribution in [-0.4, -0.2) is 67.1 Å². The Morgan fingerprint density at radius 1 is 0.359 bits per heavy atom. The van der Waals surface area contributed by atoms with E-state index in [-0.39, 0.29) is 80.8 Å². The van der Waals surface area contributed by atoms with Gasteiger partial charge in [0.25, 0.3) is 0 Å². The molecule has 0 saturated carbocycles. The Balaban J connectivity index is 1.26. The summed E-state index contributed by atoms with van der Waals surface area (Å²) in [4.78, 5) is 30.9. The molecule has 0 fully saturated rings. The van der Waals surface area contributed by atoms with Gasteiger partial charge in [-0.3, -0.25) is 0 Å². The Labute approximate surface area is 583 Å². The maximum absolute atomic E-state index is 16.1. The Bertz CT molecular complexity index is 3040. The van der Waals surface area contributed by atoms with E-state index in [9.17, 15) is 4.39 Å². The molecule has 2 unspecified atom stereocenters. The molecule has 6 aromatic rings. The average Bonchev–Trinajstić information content (AvgIpc) is 1.000. The Morgan fingerprint density at radius 2 is 0.674 bits per heavy atom. The minimum atomic E-state index is -0.297. The zero-order valence-corrected chi connectivity index (χ0v) is 65.8. The normalized spacial score (nSPS) is 12.7. The number of rotatable bonds is 55. The number of unbranched alkanes of at least 4 members (excludes halogenated alkanes) is 34. The van der Waals surface area contributed by atoms with Gasteiger partial charge in [-0.05, 0) is 0 Å². The molecule has 0 amide bonds. The second kappa shape index (κ2) is 47.7. The number of halogens is 2. The van der Waals surface area contributed by atoms with Crippen molar-refractivity contribution in [2.24, 2.45) is 11.8 Å². The number of hydrogen-bond acceptors (Lipinski definition) is 2. The van der Waals surface area contributed by atoms with E-state index < -0.39 is 0 Å². The molecule has 0 aliphatic heterocycles. The summed E-state index contributed by atoms with van der Waals surface area (Å²) in [6.45, 7) is 14.5. The molecule has 10 heteroatoms. The van der Waals surface area contributed by atoms with Crippen molar-refractivity contribution in [1.82, 2.24) is 9.13 Å². The van der Waals surface area contributed by atoms with Gasteiger partial charge in [-0.15, -0.1) is 0 Å². The molecule has 0 aromatic carbocycles. The first-order valence-corrected chi connectivity index (χ1v) is 45.1. The fraction of sp³-hybridized carbons (Fsp3) is 0.683. The van der Waals surface area contributed by atoms with Crippen LogP contribution in [-0.2, 0) is 13.1 Å². The molecule has 0 aliphatic rings. The van der Waals surface area contributed by atoms with Crippen LogP contribution < -0.4 is 11.1 Å². The van der Waals surface area contributed by atoms with Crippen molar-refractivity contribution in [2.75, 3.05) is 0 Å². The first kappa shape index (κ1) is 78.8. The van der Waals surface area contributed by atoms with Crippen molar-refractivity contribution in [2.45, 2.75) is 350 Å². The molecule has 0 bridgehead atoms. The second-order valence-corrected chi connectivity index (χ2v) is 37.7. The number of aromatic nitrogens is 2. The molecule has 0 aliphatic carbocycles. The molecule has 4 nitrogen and oxygen atoms in total. The molecule has 0 radical (unpaired) electrons. The van der Waals surface area contributed by atoms with Crippen molar-refractivity contribution >= 4 is 81.2 Å². The zero-order valence-electron chi connectivity index (χ0n) is 59.0. The van der Waals surface area contributed by atoms with Crippen LogP contribution in [0.3, 0.4) is 0 Å². The van der Waals surface area contributed by atoms with Gasteiger partial charge in [-0.25, -0.2) is 0 Å². The first-order valence-electron chi connectivity index (χ1n) is 38.3. The van der Waals surface area contributed by atoms with Crippen LogP contribution in [0, 0.1) is 37.3 Å². The maximum atomic E-state index is 16.1. The monoisotopic (exact) mass is 1530 g/mol. The molecular formula is C82H126F2N2O2Se4. The number of pyridine rings is 2. The van der Waals surface area contributed by atoms with E-state index in [1.165, 1.54) is 274 Å². The summed E-state index contributed by atoms with van der Waals surface area (Å²) in [5, 5.41) is 0. The van der Waals surface area contributed by atoms with Crippen molar-refractivity contribution in [3.05, 3.63) is 98.6 Å². The molecule has 0 N–H and O–H groups in total. The molecule has 6 aromatic heterocycles. The summed E-state index contributed by atoms with van der Waals surface area (Å²) in [7, 11) is 0. The van der Waals surface area contributed by atoms with Crippen molar-refractivity contribution in [3.63, 3.8) is 0 Å². The van der Waals surface area contributed by atoms with Crippen molar-refractivity contribution in [1.29, 1.82) is 0 Å². The number of hydrogen-bond donors (Lipinski definition) is 0. The smallest absolute Gasteiger partial charge is 0.0654 e. The number of fused-ring (bicyclic) bond motifs is 1. The predicted octanol–water partition coefficient (Wildman–Crippen LogP) is 24.7. The van der Waals surface area contributed by atoms with Crippen LogP contribution in [0.2, 0.25) is 0 Å². The Hall–Kier alpha value is -2.24. The average molecular weight is 1530 g/mol. The summed E-state index contributed by atoms with van der Waals surface area (Å²) in [5.41, 5.74) is 3.28. The fourth-order valence-corrected chi connectivity index (χ4v) is 22.3. The minimum absolute atomic E-state index is 0.0178. The second-order valence-electron chi connectivity index (χ2n) is 27.8. The van der Waals surface area contributed by atoms with Crippen molar-refractivity contribution < 1.29 is 8.78 Å². The first-order chi connectivity index (χ1) is 45.0. The van der Waals surface area contributed by atoms with Gasteiger partial charge in [0.1, 0.15) is 0 Å². The SMILES string of the molecule is CCCCCCCCCCCCC(CCCCCCCCCC)CCCCn1c(=O)c(-c2ccc(C)[se]2)cc2c1cc(-c1ccc(-c3[se]c(/C=C/c4cc(F)c(C)[se]4)cc3F)[se]1)c(=O)n2CCCCC(CCCCCCCCCC)CCCCCCCCCCCC. The third kappa shape index (κ3) is 29.1. The molecular weight excluding hydrogens is 1400 g/mol. The Morgan fingerprint density at radius 3 is 1.02 bits per heavy atom. The van der Waals surface area contributed by atoms with E-state index in [1.807, 2.05) is 19.1 Å². The van der Waals surface area contributed by atoms with E-state index in [0.717, 1.165) is 85.2 Å². The standard InChI is InChI=1S/C82H126F2N2O2Se4/c1-7-11-15-19-23-27-29-33-37-41-49-67(47-39-35-31-25-21-17-13-9-3)51-43-45-59-85-76-64-72(78-57-58-79(92-78)80-74(84)62-70(91-80)55-54-69-61-73(83)66(6)90-69)82(88)86(75(76)63-71(81(85)87)77-56-53-65(5)89-77)60-46-44-52-68(48-40-36-32-26-22-18-14-10-4)50-42-38-34-30-28-24-20-16-12-8-2/h53-58,61-64,67-68H,7-52,59-60H2,1-6H3/b55-54+. The van der Waals surface area contributed by atoms with Gasteiger partial charge in [0.05, 0.1) is 0 Å². The topological polar surface area (TPSA) is 44.0 Å². The van der Waals surface area contributed by atoms with Crippen LogP contribution in [0.4, 0.5) is 8.78 Å². The third-order valence-corrected chi connectivity index (χ3v) is 29.4. The van der Waals surface area contributed by atoms with Crippen molar-refractivity contribution in [3.8, 4) is 28.9 Å². The summed E-state index contributed by atoms with van der Waals surface area (Å²) in [6, 6.07) is 16.0. The molecule has 6 heterocycles. The summed E-state index contributed by atoms with van der Waals surface area (Å²) < 4.78 is 42.4. The molecule has 6 rings (SSSR count). The Kier molecular flexibility index (Phi) is 40.8. The predicted molar refractivity (Wildman–Crippen MR) is 403 cm³/mol. The van der Waals surface area contributed by atoms with Gasteiger partial charge in [0, 0.05) is 0 Å². The summed E-state index contributed by atoms with van der Waals surface area (Å²) >= 11 is -0.517. The van der Waals surface area contributed by atoms with Crippen LogP contribution in [0.5, 0.6) is 0 Å². The number of nitrogens with zero attached hydrogens (tertiary/aromatic N) is 2. The van der Waals surface area contributed by atoms with Gasteiger partial charge in [0.2, 0.25) is 0 Å². The van der Waals surface area contributed by atoms with Gasteiger partial charge in [0.15, 0.2) is 0 Å². The van der Waals surface area contributed by atoms with Gasteiger partial charge in [-0.1, -0.05) is 207 Å². The molecule has 514 valence electrons. The van der Waals surface area contributed by atoms with Gasteiger partial charge in [-0.2, -0.15) is 0 Å². The van der Waals surface area contributed by atoms with Crippen LogP contribution in [0.15, 0.2) is 58.1 Å².